The number of aryl methyl sites for hydroxylation is 1. The second kappa shape index (κ2) is 6.38. The summed E-state index contributed by atoms with van der Waals surface area (Å²) in [6.45, 7) is 2.22. The number of rotatable bonds is 5. The normalized spacial score (nSPS) is 9.67. The molecule has 0 aliphatic carbocycles. The molecule has 98 valence electrons. The highest BCUT2D eigenvalue weighted by molar-refractivity contribution is 5.92. The molecule has 0 aliphatic rings. The molecule has 0 aromatic carbocycles. The number of nitrogens with zero attached hydrogens (tertiary/aromatic N) is 1. The van der Waals surface area contributed by atoms with Crippen LogP contribution in [0.2, 0.25) is 0 Å². The molecule has 1 rings (SSSR count). The summed E-state index contributed by atoms with van der Waals surface area (Å²) in [4.78, 5) is 32.9. The first kappa shape index (κ1) is 13.7. The quantitative estimate of drug-likeness (QED) is 0.693. The highest BCUT2D eigenvalue weighted by Crippen LogP contribution is 2.06. The summed E-state index contributed by atoms with van der Waals surface area (Å²) in [5.41, 5.74) is 0. The van der Waals surface area contributed by atoms with E-state index < -0.39 is 18.5 Å². The largest absolute Gasteiger partial charge is 0.454 e. The van der Waals surface area contributed by atoms with Crippen LogP contribution < -0.4 is 10.6 Å². The predicted octanol–water partition coefficient (Wildman–Crippen LogP) is -0.399. The van der Waals surface area contributed by atoms with Crippen LogP contribution in [0.5, 0.6) is 0 Å². The van der Waals surface area contributed by atoms with Crippen molar-refractivity contribution >= 4 is 23.6 Å². The van der Waals surface area contributed by atoms with Crippen LogP contribution >= 0.6 is 0 Å². The topological polar surface area (TPSA) is 111 Å². The molecule has 2 N–H and O–H groups in total. The second-order valence-electron chi connectivity index (χ2n) is 3.44. The monoisotopic (exact) mass is 255 g/mol. The molecule has 0 unspecified atom stereocenters. The minimum Gasteiger partial charge on any atom is -0.454 e. The summed E-state index contributed by atoms with van der Waals surface area (Å²) in [6, 6.07) is 1.52. The van der Waals surface area contributed by atoms with Crippen LogP contribution in [0.1, 0.15) is 12.7 Å². The van der Waals surface area contributed by atoms with Gasteiger partial charge in [0.05, 0.1) is 0 Å². The average Bonchev–Trinajstić information content (AvgIpc) is 2.69. The van der Waals surface area contributed by atoms with Gasteiger partial charge < -0.3 is 19.9 Å². The van der Waals surface area contributed by atoms with E-state index in [1.807, 2.05) is 0 Å². The van der Waals surface area contributed by atoms with Crippen molar-refractivity contribution in [2.75, 3.05) is 18.5 Å². The Bertz CT molecular complexity index is 454. The fraction of sp³-hybridized carbons (Fsp3) is 0.400. The fourth-order valence-corrected chi connectivity index (χ4v) is 0.998. The Kier molecular flexibility index (Phi) is 4.85. The van der Waals surface area contributed by atoms with E-state index in [0.29, 0.717) is 5.76 Å². The van der Waals surface area contributed by atoms with E-state index in [0.717, 1.165) is 0 Å². The number of hydrogen-bond acceptors (Lipinski definition) is 6. The van der Waals surface area contributed by atoms with Gasteiger partial charge in [-0.3, -0.25) is 14.4 Å². The van der Waals surface area contributed by atoms with Crippen molar-refractivity contribution in [3.05, 3.63) is 11.8 Å². The molecule has 0 atom stereocenters. The summed E-state index contributed by atoms with van der Waals surface area (Å²) in [7, 11) is 0. The van der Waals surface area contributed by atoms with Gasteiger partial charge in [0.25, 0.3) is 5.91 Å². The number of hydrogen-bond donors (Lipinski definition) is 2. The van der Waals surface area contributed by atoms with E-state index in [9.17, 15) is 14.4 Å². The van der Waals surface area contributed by atoms with Gasteiger partial charge in [-0.05, 0) is 6.92 Å². The zero-order valence-corrected chi connectivity index (χ0v) is 9.98. The molecule has 2 amide bonds. The minimum atomic E-state index is -0.698. The number of aromatic nitrogens is 1. The van der Waals surface area contributed by atoms with Gasteiger partial charge in [0.2, 0.25) is 5.91 Å². The molecule has 18 heavy (non-hydrogen) atoms. The predicted molar refractivity (Wildman–Crippen MR) is 59.5 cm³/mol. The van der Waals surface area contributed by atoms with Crippen molar-refractivity contribution in [2.45, 2.75) is 13.8 Å². The van der Waals surface area contributed by atoms with Crippen LogP contribution in [-0.4, -0.2) is 36.1 Å². The number of carbonyl (C=O) groups is 3. The maximum atomic E-state index is 11.3. The zero-order chi connectivity index (χ0) is 13.5. The van der Waals surface area contributed by atoms with Crippen LogP contribution in [-0.2, 0) is 19.1 Å². The Morgan fingerprint density at radius 2 is 2.17 bits per heavy atom. The van der Waals surface area contributed by atoms with Crippen LogP contribution in [0.15, 0.2) is 10.6 Å². The van der Waals surface area contributed by atoms with Crippen molar-refractivity contribution < 1.29 is 23.6 Å². The summed E-state index contributed by atoms with van der Waals surface area (Å²) in [5, 5.41) is 8.16. The highest BCUT2D eigenvalue weighted by atomic mass is 16.5. The number of amides is 2. The van der Waals surface area contributed by atoms with Gasteiger partial charge in [-0.25, -0.2) is 0 Å². The Morgan fingerprint density at radius 3 is 2.72 bits per heavy atom. The molecule has 0 bridgehead atoms. The van der Waals surface area contributed by atoms with Gasteiger partial charge in [-0.2, -0.15) is 0 Å². The lowest BCUT2D eigenvalue weighted by molar-refractivity contribution is -0.147. The number of carbonyl (C=O) groups excluding carboxylic acids is 3. The van der Waals surface area contributed by atoms with Gasteiger partial charge in [0, 0.05) is 13.0 Å². The van der Waals surface area contributed by atoms with Gasteiger partial charge in [0.15, 0.2) is 12.4 Å². The van der Waals surface area contributed by atoms with E-state index in [-0.39, 0.29) is 18.3 Å². The summed E-state index contributed by atoms with van der Waals surface area (Å²) >= 11 is 0. The van der Waals surface area contributed by atoms with Crippen molar-refractivity contribution in [1.82, 2.24) is 10.5 Å². The number of ether oxygens (including phenoxy) is 1. The molecule has 8 nitrogen and oxygen atoms in total. The van der Waals surface area contributed by atoms with Crippen LogP contribution in [0.3, 0.4) is 0 Å². The Balaban J connectivity index is 2.24. The lowest BCUT2D eigenvalue weighted by Gasteiger charge is -2.04. The molecule has 1 aromatic rings. The van der Waals surface area contributed by atoms with E-state index >= 15 is 0 Å². The third-order valence-electron chi connectivity index (χ3n) is 1.74. The molecule has 1 aromatic heterocycles. The standard InChI is InChI=1S/C10H13N3O5/c1-6-3-8(13-18-6)12-9(15)5-17-10(16)4-11-7(2)14/h3H,4-5H2,1-2H3,(H,11,14)(H,12,13,15). The van der Waals surface area contributed by atoms with E-state index in [1.165, 1.54) is 13.0 Å². The van der Waals surface area contributed by atoms with Crippen LogP contribution in [0.4, 0.5) is 5.82 Å². The molecule has 0 radical (unpaired) electrons. The minimum absolute atomic E-state index is 0.246. The molecule has 0 spiro atoms. The summed E-state index contributed by atoms with van der Waals surface area (Å²) < 4.78 is 9.35. The maximum Gasteiger partial charge on any atom is 0.325 e. The first-order chi connectivity index (χ1) is 8.47. The number of nitrogens with one attached hydrogen (secondary N) is 2. The molecule has 1 heterocycles. The first-order valence-corrected chi connectivity index (χ1v) is 5.10. The van der Waals surface area contributed by atoms with Gasteiger partial charge in [0.1, 0.15) is 12.3 Å². The molecule has 8 heteroatoms. The molecular weight excluding hydrogens is 242 g/mol. The SMILES string of the molecule is CC(=O)NCC(=O)OCC(=O)Nc1cc(C)on1. The second-order valence-corrected chi connectivity index (χ2v) is 3.44. The van der Waals surface area contributed by atoms with Gasteiger partial charge in [-0.1, -0.05) is 5.16 Å². The smallest absolute Gasteiger partial charge is 0.325 e. The molecule has 0 aliphatic heterocycles. The Morgan fingerprint density at radius 1 is 1.44 bits per heavy atom. The van der Waals surface area contributed by atoms with Crippen LogP contribution in [0, 0.1) is 6.92 Å². The van der Waals surface area contributed by atoms with Gasteiger partial charge >= 0.3 is 5.97 Å². The summed E-state index contributed by atoms with van der Waals surface area (Å²) in [6.07, 6.45) is 0. The first-order valence-electron chi connectivity index (χ1n) is 5.10. The third kappa shape index (κ3) is 5.10. The molecular formula is C10H13N3O5. The van der Waals surface area contributed by atoms with Crippen molar-refractivity contribution in [3.63, 3.8) is 0 Å². The lowest BCUT2D eigenvalue weighted by atomic mass is 10.5. The van der Waals surface area contributed by atoms with Crippen molar-refractivity contribution in [1.29, 1.82) is 0 Å². The number of esters is 1. The van der Waals surface area contributed by atoms with Gasteiger partial charge in [-0.15, -0.1) is 0 Å². The fourth-order valence-electron chi connectivity index (χ4n) is 0.998. The lowest BCUT2D eigenvalue weighted by Crippen LogP contribution is -2.30. The van der Waals surface area contributed by atoms with E-state index in [2.05, 4.69) is 20.5 Å². The van der Waals surface area contributed by atoms with Crippen molar-refractivity contribution in [3.8, 4) is 0 Å². The van der Waals surface area contributed by atoms with Crippen LogP contribution in [0.25, 0.3) is 0 Å². The zero-order valence-electron chi connectivity index (χ0n) is 9.98. The number of anilines is 1. The molecule has 0 fully saturated rings. The average molecular weight is 255 g/mol. The maximum absolute atomic E-state index is 11.3. The molecule has 0 saturated carbocycles. The van der Waals surface area contributed by atoms with E-state index in [1.54, 1.807) is 6.92 Å². The van der Waals surface area contributed by atoms with E-state index in [4.69, 9.17) is 4.52 Å². The highest BCUT2D eigenvalue weighted by Gasteiger charge is 2.09. The summed E-state index contributed by atoms with van der Waals surface area (Å²) in [5.74, 6) is -0.797. The Labute approximate surface area is 103 Å². The van der Waals surface area contributed by atoms with Crippen molar-refractivity contribution in [2.24, 2.45) is 0 Å². The molecule has 0 saturated heterocycles. The Hall–Kier alpha value is -2.38. The third-order valence-corrected chi connectivity index (χ3v) is 1.74.